The molecular weight excluding hydrogens is 264 g/mol. The molecule has 20 heavy (non-hydrogen) atoms. The van der Waals surface area contributed by atoms with Crippen LogP contribution < -0.4 is 15.8 Å². The number of hydrogen-bond acceptors (Lipinski definition) is 6. The third kappa shape index (κ3) is 5.40. The van der Waals surface area contributed by atoms with Gasteiger partial charge in [0.05, 0.1) is 26.1 Å². The minimum Gasteiger partial charge on any atom is -0.501 e. The van der Waals surface area contributed by atoms with E-state index in [0.717, 1.165) is 6.08 Å². The van der Waals surface area contributed by atoms with Gasteiger partial charge in [-0.05, 0) is 25.1 Å². The molecule has 0 unspecified atom stereocenters. The van der Waals surface area contributed by atoms with Crippen LogP contribution in [-0.2, 0) is 14.4 Å². The Morgan fingerprint density at radius 3 is 2.85 bits per heavy atom. The first-order valence-corrected chi connectivity index (χ1v) is 5.85. The molecule has 0 saturated carbocycles. The van der Waals surface area contributed by atoms with Crippen molar-refractivity contribution in [2.24, 2.45) is 0 Å². The number of rotatable bonds is 7. The third-order valence-corrected chi connectivity index (χ3v) is 2.12. The number of ether oxygens (including phenoxy) is 2. The van der Waals surface area contributed by atoms with E-state index in [0.29, 0.717) is 17.9 Å². The number of amides is 1. The zero-order valence-electron chi connectivity index (χ0n) is 11.2. The van der Waals surface area contributed by atoms with Gasteiger partial charge in [-0.1, -0.05) is 11.7 Å². The Morgan fingerprint density at radius 1 is 1.35 bits per heavy atom. The zero-order chi connectivity index (χ0) is 14.8. The summed E-state index contributed by atoms with van der Waals surface area (Å²) in [5.41, 5.74) is 4.62. The van der Waals surface area contributed by atoms with Crippen LogP contribution in [0.1, 0.15) is 17.3 Å². The van der Waals surface area contributed by atoms with Gasteiger partial charge in [0.1, 0.15) is 5.75 Å². The van der Waals surface area contributed by atoms with Crippen LogP contribution in [0, 0.1) is 0 Å². The summed E-state index contributed by atoms with van der Waals surface area (Å²) >= 11 is 0. The van der Waals surface area contributed by atoms with E-state index in [1.54, 1.807) is 31.2 Å². The summed E-state index contributed by atoms with van der Waals surface area (Å²) in [4.78, 5) is 27.3. The number of carbonyl (C=O) groups excluding carboxylic acids is 2. The molecule has 2 N–H and O–H groups in total. The molecule has 1 amide bonds. The predicted octanol–water partition coefficient (Wildman–Crippen LogP) is 0.938. The molecule has 0 aliphatic rings. The Hall–Kier alpha value is -2.54. The summed E-state index contributed by atoms with van der Waals surface area (Å²) in [5.74, 6) is -0.621. The fraction of sp³-hybridized carbons (Fsp3) is 0.231. The highest BCUT2D eigenvalue weighted by Gasteiger charge is 2.06. The van der Waals surface area contributed by atoms with Crippen LogP contribution in [0.3, 0.4) is 0 Å². The predicted molar refractivity (Wildman–Crippen MR) is 70.5 cm³/mol. The average molecular weight is 280 g/mol. The normalized spacial score (nSPS) is 10.1. The molecule has 0 spiro atoms. The van der Waals surface area contributed by atoms with Crippen molar-refractivity contribution in [3.8, 4) is 5.75 Å². The van der Waals surface area contributed by atoms with Crippen molar-refractivity contribution < 1.29 is 23.9 Å². The molecule has 1 rings (SSSR count). The molecule has 0 aliphatic carbocycles. The minimum atomic E-state index is -0.704. The largest absolute Gasteiger partial charge is 0.501 e. The van der Waals surface area contributed by atoms with E-state index in [-0.39, 0.29) is 0 Å². The quantitative estimate of drug-likeness (QED) is 0.439. The number of hydrogen-bond donors (Lipinski definition) is 2. The molecule has 1 aromatic rings. The Morgan fingerprint density at radius 2 is 2.15 bits per heavy atom. The van der Waals surface area contributed by atoms with Gasteiger partial charge in [0.2, 0.25) is 0 Å². The van der Waals surface area contributed by atoms with Gasteiger partial charge in [-0.3, -0.25) is 10.2 Å². The smallest absolute Gasteiger partial charge is 0.354 e. The molecule has 0 radical (unpaired) electrons. The summed E-state index contributed by atoms with van der Waals surface area (Å²) in [6.45, 7) is 2.23. The van der Waals surface area contributed by atoms with Gasteiger partial charge in [0, 0.05) is 5.56 Å². The van der Waals surface area contributed by atoms with Crippen LogP contribution in [0.2, 0.25) is 0 Å². The van der Waals surface area contributed by atoms with Gasteiger partial charge in [-0.15, -0.1) is 0 Å². The summed E-state index contributed by atoms with van der Waals surface area (Å²) in [6, 6.07) is 6.53. The summed E-state index contributed by atoms with van der Waals surface area (Å²) in [7, 11) is 1.50. The van der Waals surface area contributed by atoms with Crippen LogP contribution in [0.15, 0.2) is 36.6 Å². The summed E-state index contributed by atoms with van der Waals surface area (Å²) in [5, 5.41) is 0. The second kappa shape index (κ2) is 8.54. The van der Waals surface area contributed by atoms with E-state index in [1.807, 2.05) is 0 Å². The molecular formula is C13H16N2O5. The monoisotopic (exact) mass is 280 g/mol. The van der Waals surface area contributed by atoms with Gasteiger partial charge in [-0.2, -0.15) is 0 Å². The molecule has 0 saturated heterocycles. The SMILES string of the molecule is CCOC=CC(=O)ONNC(=O)c1cccc(OC)c1. The van der Waals surface area contributed by atoms with Gasteiger partial charge in [0.25, 0.3) is 5.91 Å². The highest BCUT2D eigenvalue weighted by molar-refractivity contribution is 5.94. The second-order valence-corrected chi connectivity index (χ2v) is 3.47. The summed E-state index contributed by atoms with van der Waals surface area (Å²) in [6.07, 6.45) is 2.28. The molecule has 7 heteroatoms. The van der Waals surface area contributed by atoms with Crippen molar-refractivity contribution in [3.63, 3.8) is 0 Å². The first-order valence-electron chi connectivity index (χ1n) is 5.85. The molecule has 0 fully saturated rings. The molecule has 108 valence electrons. The second-order valence-electron chi connectivity index (χ2n) is 3.47. The van der Waals surface area contributed by atoms with Gasteiger partial charge in [-0.25, -0.2) is 4.79 Å². The lowest BCUT2D eigenvalue weighted by atomic mass is 10.2. The maximum Gasteiger partial charge on any atom is 0.354 e. The summed E-state index contributed by atoms with van der Waals surface area (Å²) < 4.78 is 9.81. The first kappa shape index (κ1) is 15.5. The van der Waals surface area contributed by atoms with Crippen LogP contribution in [-0.4, -0.2) is 25.6 Å². The van der Waals surface area contributed by atoms with Gasteiger partial charge < -0.3 is 14.3 Å². The molecule has 0 aliphatic heterocycles. The third-order valence-electron chi connectivity index (χ3n) is 2.12. The fourth-order valence-electron chi connectivity index (χ4n) is 1.19. The molecule has 1 aromatic carbocycles. The number of hydrazine groups is 1. The Bertz CT molecular complexity index is 487. The first-order chi connectivity index (χ1) is 9.67. The number of benzene rings is 1. The lowest BCUT2D eigenvalue weighted by Crippen LogP contribution is -2.38. The molecule has 0 aromatic heterocycles. The molecule has 7 nitrogen and oxygen atoms in total. The fourth-order valence-corrected chi connectivity index (χ4v) is 1.19. The van der Waals surface area contributed by atoms with E-state index in [2.05, 4.69) is 15.9 Å². The maximum absolute atomic E-state index is 11.7. The van der Waals surface area contributed by atoms with Crippen molar-refractivity contribution in [2.45, 2.75) is 6.92 Å². The van der Waals surface area contributed by atoms with E-state index in [1.165, 1.54) is 13.4 Å². The Kier molecular flexibility index (Phi) is 6.63. The van der Waals surface area contributed by atoms with Crippen LogP contribution in [0.4, 0.5) is 0 Å². The van der Waals surface area contributed by atoms with E-state index in [4.69, 9.17) is 9.47 Å². The topological polar surface area (TPSA) is 85.9 Å². The number of nitrogens with one attached hydrogen (secondary N) is 2. The molecule has 0 heterocycles. The number of carbonyl (C=O) groups is 2. The van der Waals surface area contributed by atoms with Crippen LogP contribution in [0.25, 0.3) is 0 Å². The minimum absolute atomic E-state index is 0.359. The lowest BCUT2D eigenvalue weighted by molar-refractivity contribution is -0.146. The molecule has 0 bridgehead atoms. The van der Waals surface area contributed by atoms with Crippen molar-refractivity contribution >= 4 is 11.9 Å². The Labute approximate surface area is 116 Å². The van der Waals surface area contributed by atoms with E-state index < -0.39 is 11.9 Å². The van der Waals surface area contributed by atoms with Crippen molar-refractivity contribution in [2.75, 3.05) is 13.7 Å². The highest BCUT2D eigenvalue weighted by atomic mass is 16.7. The van der Waals surface area contributed by atoms with Gasteiger partial charge in [0.15, 0.2) is 0 Å². The van der Waals surface area contributed by atoms with Crippen LogP contribution in [0.5, 0.6) is 5.75 Å². The van der Waals surface area contributed by atoms with Crippen molar-refractivity contribution in [1.29, 1.82) is 0 Å². The van der Waals surface area contributed by atoms with E-state index >= 15 is 0 Å². The van der Waals surface area contributed by atoms with Crippen LogP contribution >= 0.6 is 0 Å². The average Bonchev–Trinajstić information content (AvgIpc) is 2.47. The lowest BCUT2D eigenvalue weighted by Gasteiger charge is -2.07. The Balaban J connectivity index is 2.38. The standard InChI is InChI=1S/C13H16N2O5/c1-3-19-8-7-12(16)20-15-14-13(17)10-5-4-6-11(9-10)18-2/h4-9,15H,3H2,1-2H3,(H,14,17). The number of methoxy groups -OCH3 is 1. The van der Waals surface area contributed by atoms with Gasteiger partial charge >= 0.3 is 5.97 Å². The highest BCUT2D eigenvalue weighted by Crippen LogP contribution is 2.11. The zero-order valence-corrected chi connectivity index (χ0v) is 11.2. The van der Waals surface area contributed by atoms with E-state index in [9.17, 15) is 9.59 Å². The van der Waals surface area contributed by atoms with Crippen molar-refractivity contribution in [1.82, 2.24) is 11.0 Å². The molecule has 0 atom stereocenters. The van der Waals surface area contributed by atoms with Crippen molar-refractivity contribution in [3.05, 3.63) is 42.2 Å². The maximum atomic E-state index is 11.7.